The van der Waals surface area contributed by atoms with Gasteiger partial charge in [-0.1, -0.05) is 0 Å². The zero-order valence-electron chi connectivity index (χ0n) is 16.9. The van der Waals surface area contributed by atoms with Gasteiger partial charge < -0.3 is 20.1 Å². The Hall–Kier alpha value is -1.22. The van der Waals surface area contributed by atoms with Crippen LogP contribution >= 0.6 is 0 Å². The highest BCUT2D eigenvalue weighted by atomic mass is 16.5. The van der Waals surface area contributed by atoms with Crippen LogP contribution in [0.3, 0.4) is 0 Å². The molecule has 8 heteroatoms. The first-order valence-corrected chi connectivity index (χ1v) is 10.8. The lowest BCUT2D eigenvalue weighted by Gasteiger charge is -2.37. The standard InChI is InChI=1S/C20H34N4O4/c1-22-15(2-3-18(26)23-8-4-16(25)13-23)12-21-20(27)19-17(22)5-9-24(19)14-6-10-28-11-7-14/h14-17,19,25H,2-13H2,1H3,(H,21,27). The first-order chi connectivity index (χ1) is 13.5. The Morgan fingerprint density at radius 2 is 2.00 bits per heavy atom. The molecule has 0 spiro atoms. The molecule has 28 heavy (non-hydrogen) atoms. The van der Waals surface area contributed by atoms with Crippen molar-refractivity contribution < 1.29 is 19.4 Å². The number of carbonyl (C=O) groups is 2. The van der Waals surface area contributed by atoms with E-state index in [1.54, 1.807) is 4.90 Å². The fourth-order valence-electron chi connectivity index (χ4n) is 5.44. The van der Waals surface area contributed by atoms with Gasteiger partial charge in [-0.05, 0) is 39.2 Å². The van der Waals surface area contributed by atoms with Crippen molar-refractivity contribution in [2.45, 2.75) is 68.8 Å². The van der Waals surface area contributed by atoms with Crippen molar-refractivity contribution in [3.8, 4) is 0 Å². The van der Waals surface area contributed by atoms with Gasteiger partial charge in [0, 0.05) is 63.9 Å². The molecule has 4 heterocycles. The predicted molar refractivity (Wildman–Crippen MR) is 104 cm³/mol. The van der Waals surface area contributed by atoms with Crippen molar-refractivity contribution >= 4 is 11.8 Å². The number of aliphatic hydroxyl groups is 1. The van der Waals surface area contributed by atoms with Gasteiger partial charge >= 0.3 is 0 Å². The second-order valence-electron chi connectivity index (χ2n) is 8.77. The van der Waals surface area contributed by atoms with Gasteiger partial charge in [-0.2, -0.15) is 0 Å². The number of rotatable bonds is 4. The third-order valence-corrected chi connectivity index (χ3v) is 7.15. The fraction of sp³-hybridized carbons (Fsp3) is 0.900. The Kier molecular flexibility index (Phi) is 6.20. The Morgan fingerprint density at radius 1 is 1.21 bits per heavy atom. The minimum Gasteiger partial charge on any atom is -0.391 e. The van der Waals surface area contributed by atoms with Gasteiger partial charge in [-0.25, -0.2) is 0 Å². The number of hydrogen-bond donors (Lipinski definition) is 2. The van der Waals surface area contributed by atoms with E-state index in [0.29, 0.717) is 38.5 Å². The van der Waals surface area contributed by atoms with E-state index < -0.39 is 0 Å². The van der Waals surface area contributed by atoms with Crippen LogP contribution in [-0.4, -0.2) is 108 Å². The van der Waals surface area contributed by atoms with Crippen molar-refractivity contribution in [3.05, 3.63) is 0 Å². The van der Waals surface area contributed by atoms with Crippen LogP contribution in [0.4, 0.5) is 0 Å². The lowest BCUT2D eigenvalue weighted by Crippen LogP contribution is -2.53. The van der Waals surface area contributed by atoms with Crippen molar-refractivity contribution in [1.29, 1.82) is 0 Å². The van der Waals surface area contributed by atoms with Crippen LogP contribution in [0.5, 0.6) is 0 Å². The molecule has 0 aromatic carbocycles. The van der Waals surface area contributed by atoms with Gasteiger partial charge in [0.1, 0.15) is 6.04 Å². The minimum atomic E-state index is -0.376. The zero-order valence-corrected chi connectivity index (χ0v) is 16.9. The first-order valence-electron chi connectivity index (χ1n) is 10.8. The molecule has 4 saturated heterocycles. The average molecular weight is 395 g/mol. The van der Waals surface area contributed by atoms with E-state index >= 15 is 0 Å². The monoisotopic (exact) mass is 394 g/mol. The summed E-state index contributed by atoms with van der Waals surface area (Å²) in [7, 11) is 2.11. The van der Waals surface area contributed by atoms with Gasteiger partial charge in [0.15, 0.2) is 0 Å². The summed E-state index contributed by atoms with van der Waals surface area (Å²) in [5.74, 6) is 0.254. The fourth-order valence-corrected chi connectivity index (χ4v) is 5.44. The van der Waals surface area contributed by atoms with E-state index in [1.807, 2.05) is 0 Å². The summed E-state index contributed by atoms with van der Waals surface area (Å²) in [5, 5.41) is 12.8. The Balaban J connectivity index is 1.37. The van der Waals surface area contributed by atoms with Crippen LogP contribution in [0.2, 0.25) is 0 Å². The number of amides is 2. The van der Waals surface area contributed by atoms with Gasteiger partial charge in [0.2, 0.25) is 11.8 Å². The molecule has 4 fully saturated rings. The van der Waals surface area contributed by atoms with Crippen LogP contribution in [0.25, 0.3) is 0 Å². The molecule has 4 aliphatic heterocycles. The summed E-state index contributed by atoms with van der Waals surface area (Å²) in [4.78, 5) is 31.9. The lowest BCUT2D eigenvalue weighted by molar-refractivity contribution is -0.131. The SMILES string of the molecule is CN1C(CCC(=O)N2CCC(O)C2)CNC(=O)C2C1CCN2C1CCOCC1. The molecule has 0 bridgehead atoms. The Labute approximate surface area is 167 Å². The number of carbonyl (C=O) groups excluding carboxylic acids is 2. The number of ether oxygens (including phenoxy) is 1. The number of aliphatic hydroxyl groups excluding tert-OH is 1. The van der Waals surface area contributed by atoms with E-state index in [4.69, 9.17) is 4.74 Å². The van der Waals surface area contributed by atoms with Crippen molar-refractivity contribution in [2.24, 2.45) is 0 Å². The number of likely N-dealkylation sites (tertiary alicyclic amines) is 2. The highest BCUT2D eigenvalue weighted by Crippen LogP contribution is 2.31. The number of β-amino-alcohol motifs (C(OH)–C–C–N with tert-alkyl or cyclic N) is 1. The van der Waals surface area contributed by atoms with Crippen molar-refractivity contribution in [2.75, 3.05) is 46.4 Å². The molecule has 4 unspecified atom stereocenters. The van der Waals surface area contributed by atoms with Crippen molar-refractivity contribution in [1.82, 2.24) is 20.0 Å². The third-order valence-electron chi connectivity index (χ3n) is 7.15. The molecule has 4 atom stereocenters. The van der Waals surface area contributed by atoms with Gasteiger partial charge in [0.25, 0.3) is 0 Å². The molecule has 158 valence electrons. The van der Waals surface area contributed by atoms with Crippen LogP contribution in [0.1, 0.15) is 38.5 Å². The highest BCUT2D eigenvalue weighted by molar-refractivity contribution is 5.83. The number of nitrogens with one attached hydrogen (secondary N) is 1. The number of likely N-dealkylation sites (N-methyl/N-ethyl adjacent to an activating group) is 1. The molecular formula is C20H34N4O4. The summed E-state index contributed by atoms with van der Waals surface area (Å²) in [5.41, 5.74) is 0. The molecule has 0 aromatic heterocycles. The molecule has 4 rings (SSSR count). The maximum atomic E-state index is 12.9. The predicted octanol–water partition coefficient (Wildman–Crippen LogP) is -0.588. The summed E-state index contributed by atoms with van der Waals surface area (Å²) in [6, 6.07) is 0.717. The molecule has 0 radical (unpaired) electrons. The van der Waals surface area contributed by atoms with E-state index in [1.165, 1.54) is 0 Å². The minimum absolute atomic E-state index is 0.0949. The van der Waals surface area contributed by atoms with Crippen LogP contribution in [0, 0.1) is 0 Å². The molecule has 0 aliphatic carbocycles. The molecule has 8 nitrogen and oxygen atoms in total. The molecule has 0 saturated carbocycles. The van der Waals surface area contributed by atoms with E-state index in [0.717, 1.165) is 45.4 Å². The molecule has 0 aromatic rings. The van der Waals surface area contributed by atoms with Gasteiger partial charge in [-0.15, -0.1) is 0 Å². The Bertz CT molecular complexity index is 583. The summed E-state index contributed by atoms with van der Waals surface area (Å²) < 4.78 is 5.50. The first kappa shape index (κ1) is 20.1. The molecule has 2 amide bonds. The number of hydrogen-bond acceptors (Lipinski definition) is 6. The van der Waals surface area contributed by atoms with Crippen LogP contribution in [0.15, 0.2) is 0 Å². The van der Waals surface area contributed by atoms with Crippen LogP contribution in [-0.2, 0) is 14.3 Å². The second-order valence-corrected chi connectivity index (χ2v) is 8.77. The third kappa shape index (κ3) is 4.06. The largest absolute Gasteiger partial charge is 0.391 e. The number of nitrogens with zero attached hydrogens (tertiary/aromatic N) is 3. The summed E-state index contributed by atoms with van der Waals surface area (Å²) >= 11 is 0. The summed E-state index contributed by atoms with van der Waals surface area (Å²) in [6.07, 6.45) is 4.51. The van der Waals surface area contributed by atoms with E-state index in [-0.39, 0.29) is 36.0 Å². The van der Waals surface area contributed by atoms with Gasteiger partial charge in [-0.3, -0.25) is 19.4 Å². The average Bonchev–Trinajstić information content (AvgIpc) is 3.32. The van der Waals surface area contributed by atoms with E-state index in [9.17, 15) is 14.7 Å². The molecule has 4 aliphatic rings. The normalized spacial score (nSPS) is 35.6. The maximum absolute atomic E-state index is 12.9. The summed E-state index contributed by atoms with van der Waals surface area (Å²) in [6.45, 7) is 4.23. The smallest absolute Gasteiger partial charge is 0.239 e. The zero-order chi connectivity index (χ0) is 19.7. The van der Waals surface area contributed by atoms with Crippen LogP contribution < -0.4 is 5.32 Å². The Morgan fingerprint density at radius 3 is 2.71 bits per heavy atom. The molecule has 2 N–H and O–H groups in total. The lowest BCUT2D eigenvalue weighted by atomic mass is 10.0. The van der Waals surface area contributed by atoms with E-state index in [2.05, 4.69) is 22.2 Å². The topological polar surface area (TPSA) is 85.3 Å². The van der Waals surface area contributed by atoms with Crippen molar-refractivity contribution in [3.63, 3.8) is 0 Å². The quantitative estimate of drug-likeness (QED) is 0.663. The second kappa shape index (κ2) is 8.65. The maximum Gasteiger partial charge on any atom is 0.239 e. The highest BCUT2D eigenvalue weighted by Gasteiger charge is 2.47. The van der Waals surface area contributed by atoms with Gasteiger partial charge in [0.05, 0.1) is 6.10 Å². The number of fused-ring (bicyclic) bond motifs is 1. The molecular weight excluding hydrogens is 360 g/mol.